The number of nitrogens with two attached hydrogens (primary N) is 1. The number of aldehydes is 1. The number of nitrogens with zero attached hydrogens (tertiary/aromatic N) is 9. The number of amides is 2. The summed E-state index contributed by atoms with van der Waals surface area (Å²) >= 11 is 0. The summed E-state index contributed by atoms with van der Waals surface area (Å²) in [6, 6.07) is 36.2. The predicted molar refractivity (Wildman–Crippen MR) is 506 cm³/mol. The Morgan fingerprint density at radius 3 is 0.853 bits per heavy atom. The number of carbonyl (C=O) groups excluding carboxylic acids is 14. The molecular weight excluding hydrogens is 1750 g/mol. The van der Waals surface area contributed by atoms with Crippen LogP contribution in [0.25, 0.3) is 48.6 Å². The average molecular weight is 1870 g/mol. The summed E-state index contributed by atoms with van der Waals surface area (Å²) in [5.41, 5.74) is 17.0. The number of esters is 2. The number of aliphatic hydroxyl groups excluding tert-OH is 3. The molecule has 35 heteroatoms. The minimum atomic E-state index is -1.01. The Hall–Kier alpha value is -16.3. The quantitative estimate of drug-likeness (QED) is 0.00638. The summed E-state index contributed by atoms with van der Waals surface area (Å²) in [6.45, 7) is 20.2. The number of hydrogen-bond acceptors (Lipinski definition) is 31. The van der Waals surface area contributed by atoms with Gasteiger partial charge in [-0.25, -0.2) is 10.3 Å². The number of allylic oxidation sites excluding steroid dienone is 5. The van der Waals surface area contributed by atoms with Crippen LogP contribution in [-0.2, 0) is 120 Å². The number of aliphatic hydroxyl groups is 3. The van der Waals surface area contributed by atoms with Crippen LogP contribution in [0.3, 0.4) is 0 Å². The number of methoxy groups -OCH3 is 2. The molecule has 0 saturated carbocycles. The molecule has 0 spiro atoms. The van der Waals surface area contributed by atoms with Crippen molar-refractivity contribution in [3.63, 3.8) is 0 Å². The fraction of sp³-hybridized carbons (Fsp3) is 0.257. The van der Waals surface area contributed by atoms with Gasteiger partial charge in [-0.15, -0.1) is 0 Å². The third kappa shape index (κ3) is 62.9. The number of carboxylic acid groups (broad SMARTS) is 2. The maximum Gasteiger partial charge on any atom is 0.373 e. The number of carbonyl (C=O) groups is 12. The van der Waals surface area contributed by atoms with Crippen LogP contribution >= 0.6 is 0 Å². The minimum absolute atomic E-state index is 0.00398. The molecule has 35 nitrogen and oxygen atoms in total. The molecule has 0 aliphatic carbocycles. The van der Waals surface area contributed by atoms with Gasteiger partial charge in [0.15, 0.2) is 35.2 Å². The summed E-state index contributed by atoms with van der Waals surface area (Å²) < 4.78 is 9.55. The molecule has 0 unspecified atom stereocenters. The number of aromatic nitrogens is 9. The van der Waals surface area contributed by atoms with Crippen LogP contribution in [-0.4, -0.2) is 173 Å². The number of ether oxygens (including phenoxy) is 2. The number of primary amides is 1. The first-order valence-electron chi connectivity index (χ1n) is 41.0. The van der Waals surface area contributed by atoms with E-state index < -0.39 is 40.0 Å². The zero-order valence-corrected chi connectivity index (χ0v) is 78.1. The number of carboxylic acids is 2. The molecule has 0 aliphatic rings. The molecule has 0 radical (unpaired) electrons. The first kappa shape index (κ1) is 122. The maximum absolute atomic E-state index is 11.6. The van der Waals surface area contributed by atoms with Crippen molar-refractivity contribution in [2.75, 3.05) is 14.2 Å². The van der Waals surface area contributed by atoms with Gasteiger partial charge in [0, 0.05) is 85.3 Å². The summed E-state index contributed by atoms with van der Waals surface area (Å²) in [5.74, 6) is -3.38. The number of ketones is 5. The molecule has 9 heterocycles. The largest absolute Gasteiger partial charge is 0.481 e. The van der Waals surface area contributed by atoms with Crippen molar-refractivity contribution in [2.45, 2.75) is 141 Å². The second kappa shape index (κ2) is 71.5. The number of hydroxylamine groups is 1. The normalized spacial score (nSPS) is 10.5. The highest BCUT2D eigenvalue weighted by Crippen LogP contribution is 2.27. The Labute approximate surface area is 788 Å². The smallest absolute Gasteiger partial charge is 0.373 e. The number of pyridine rings is 9. The van der Waals surface area contributed by atoms with Gasteiger partial charge in [0.1, 0.15) is 0 Å². The van der Waals surface area contributed by atoms with Crippen LogP contribution in [0.2, 0.25) is 0 Å². The topological polar surface area (TPSA) is 567 Å². The van der Waals surface area contributed by atoms with E-state index in [2.05, 4.69) is 44.9 Å². The van der Waals surface area contributed by atoms with E-state index in [4.69, 9.17) is 65.1 Å². The Bertz CT molecular complexity index is 5210. The first-order chi connectivity index (χ1) is 64.4. The zero-order valence-electron chi connectivity index (χ0n) is 78.1. The lowest BCUT2D eigenvalue weighted by molar-refractivity contribution is -0.193. The Kier molecular flexibility index (Phi) is 64.0. The standard InChI is InChI=1S/C16H21NO3.C15H20N2O3.C14H18N2O4.2C10H11NO2.C10H9NO2.C9H9NO3.C9H9NO.C6H7N.2CO2/c1-12(18)5-7-14-8-6-13(11-17-14)9-10-16(2,3)15(19)20-4;1-15(2,14(19)20-3)9-8-11-4-5-12(17-10-11)6-7-13(16)18;1-14(2,13(18)19)8-7-10-3-4-11(15-9-10)5-6-12(17)16-20;3*1-8(13)2-4-10-5-3-9(7-12)6-11-10;11-6-7-1-2-8(10-5-7)3-4-9(12)13;1-8(11)5-6-9-4-2-3-7-10-9;1-6-4-2-3-5-7-6;2*2-1-3/h5-8,11H,9-10H2,1-4H3;4-7,10H,8-9H2,1-3H3,(H2,16,18);3-6,9,20H,7-8H2,1-2H3,(H,16,17)(H,18,19);2*2-6,12H,7H2,1H3;2-7H,1H3;1-5,11H,6H2,(H,12,13);2-7H,1H3;2-5H,1H3;;/b7-5+;7-6+;6-5+;3*4-2+;4-3+;6-5+;;;. The van der Waals surface area contributed by atoms with E-state index in [1.807, 2.05) is 95.3 Å². The van der Waals surface area contributed by atoms with E-state index in [0.29, 0.717) is 71.0 Å². The molecule has 0 aromatic carbocycles. The second-order valence-corrected chi connectivity index (χ2v) is 29.9. The van der Waals surface area contributed by atoms with Crippen molar-refractivity contribution in [1.29, 1.82) is 0 Å². The Morgan fingerprint density at radius 1 is 0.368 bits per heavy atom. The summed E-state index contributed by atoms with van der Waals surface area (Å²) in [4.78, 5) is 198. The SMILES string of the molecule is CC(=O)/C=C/c1ccc(C=O)cn1.CC(=O)/C=C/c1ccc(CO)cn1.CC(=O)/C=C/c1ccc(CO)cn1.CC(=O)/C=C/c1ccccn1.CC(C)(CCc1ccc(/C=C/C(=O)NO)nc1)C(=O)O.COC(=O)C(C)(C)CCc1ccc(/C=C/C(C)=O)nc1.COC(=O)C(C)(C)CCc1ccc(/C=C/C(N)=O)nc1.Cc1ccccn1.O=C(O)/C=C/c1ccc(CO)cn1.O=C=O.O=C=O. The van der Waals surface area contributed by atoms with Crippen LogP contribution in [0.4, 0.5) is 0 Å². The lowest BCUT2D eigenvalue weighted by Gasteiger charge is -2.21. The Balaban J connectivity index is 0. The molecule has 0 aliphatic heterocycles. The van der Waals surface area contributed by atoms with Crippen molar-refractivity contribution in [3.8, 4) is 0 Å². The molecule has 9 aromatic heterocycles. The fourth-order valence-electron chi connectivity index (χ4n) is 9.21. The lowest BCUT2D eigenvalue weighted by atomic mass is 9.86. The lowest BCUT2D eigenvalue weighted by Crippen LogP contribution is -2.26. The molecule has 718 valence electrons. The fourth-order valence-corrected chi connectivity index (χ4v) is 9.21. The van der Waals surface area contributed by atoms with E-state index in [-0.39, 0.29) is 73.0 Å². The number of nitrogens with one attached hydrogen (secondary N) is 1. The molecule has 0 saturated heterocycles. The Morgan fingerprint density at radius 2 is 0.640 bits per heavy atom. The van der Waals surface area contributed by atoms with Gasteiger partial charge in [-0.1, -0.05) is 48.5 Å². The van der Waals surface area contributed by atoms with Crippen molar-refractivity contribution in [3.05, 3.63) is 316 Å². The van der Waals surface area contributed by atoms with Crippen LogP contribution in [0.15, 0.2) is 226 Å². The third-order valence-corrected chi connectivity index (χ3v) is 17.0. The van der Waals surface area contributed by atoms with Crippen LogP contribution in [0, 0.1) is 23.2 Å². The van der Waals surface area contributed by atoms with E-state index in [1.165, 1.54) is 115 Å². The van der Waals surface area contributed by atoms with Gasteiger partial charge in [-0.2, -0.15) is 19.2 Å². The number of aryl methyl sites for hydroxylation is 4. The highest BCUT2D eigenvalue weighted by Gasteiger charge is 2.30. The van der Waals surface area contributed by atoms with Crippen LogP contribution in [0.1, 0.15) is 190 Å². The van der Waals surface area contributed by atoms with Gasteiger partial charge in [0.05, 0.1) is 95.8 Å². The summed E-state index contributed by atoms with van der Waals surface area (Å²) in [5, 5.41) is 51.8. The predicted octanol–water partition coefficient (Wildman–Crippen LogP) is 12.6. The molecule has 0 bridgehead atoms. The van der Waals surface area contributed by atoms with Crippen molar-refractivity contribution >= 4 is 132 Å². The first-order valence-corrected chi connectivity index (χ1v) is 41.0. The minimum Gasteiger partial charge on any atom is -0.481 e. The molecular formula is C101H115N11O24. The van der Waals surface area contributed by atoms with Crippen molar-refractivity contribution in [2.24, 2.45) is 22.0 Å². The molecule has 9 N–H and O–H groups in total. The van der Waals surface area contributed by atoms with Gasteiger partial charge < -0.3 is 40.7 Å². The molecule has 9 aromatic rings. The monoisotopic (exact) mass is 1870 g/mol. The van der Waals surface area contributed by atoms with E-state index >= 15 is 0 Å². The number of rotatable bonds is 32. The average Bonchev–Trinajstić information content (AvgIpc) is 0.873. The third-order valence-electron chi connectivity index (χ3n) is 17.0. The summed E-state index contributed by atoms with van der Waals surface area (Å²) in [6.07, 6.45) is 43.5. The molecule has 2 amide bonds. The second-order valence-electron chi connectivity index (χ2n) is 29.9. The summed E-state index contributed by atoms with van der Waals surface area (Å²) in [7, 11) is 2.80. The van der Waals surface area contributed by atoms with Crippen molar-refractivity contribution in [1.82, 2.24) is 50.3 Å². The van der Waals surface area contributed by atoms with Gasteiger partial charge in [-0.3, -0.25) is 103 Å². The van der Waals surface area contributed by atoms with Gasteiger partial charge in [0.25, 0.3) is 5.91 Å². The molecule has 0 atom stereocenters. The van der Waals surface area contributed by atoms with E-state index in [1.54, 1.807) is 154 Å². The van der Waals surface area contributed by atoms with E-state index in [9.17, 15) is 57.5 Å². The van der Waals surface area contributed by atoms with Gasteiger partial charge in [-0.05, 0) is 307 Å². The highest BCUT2D eigenvalue weighted by molar-refractivity contribution is 5.94. The molecule has 136 heavy (non-hydrogen) atoms. The van der Waals surface area contributed by atoms with Crippen LogP contribution < -0.4 is 11.2 Å². The van der Waals surface area contributed by atoms with E-state index in [0.717, 1.165) is 76.2 Å². The van der Waals surface area contributed by atoms with Gasteiger partial charge in [0.2, 0.25) is 5.91 Å². The molecule has 9 rings (SSSR count). The maximum atomic E-state index is 11.6. The van der Waals surface area contributed by atoms with Crippen molar-refractivity contribution < 1.29 is 117 Å². The molecule has 0 fully saturated rings. The van der Waals surface area contributed by atoms with Gasteiger partial charge >= 0.3 is 36.2 Å². The highest BCUT2D eigenvalue weighted by atomic mass is 16.5. The number of aliphatic carboxylic acids is 2. The zero-order chi connectivity index (χ0) is 103. The number of hydrogen-bond donors (Lipinski definition) is 8. The van der Waals surface area contributed by atoms with Crippen LogP contribution in [0.5, 0.6) is 0 Å².